The first-order chi connectivity index (χ1) is 13.4. The fraction of sp³-hybridized carbons (Fsp3) is 0.348. The van der Waals surface area contributed by atoms with Crippen LogP contribution in [0.1, 0.15) is 67.1 Å². The molecule has 0 aliphatic heterocycles. The van der Waals surface area contributed by atoms with Gasteiger partial charge in [0.25, 0.3) is 5.91 Å². The lowest BCUT2D eigenvalue weighted by Gasteiger charge is -2.23. The molecule has 1 N–H and O–H groups in total. The van der Waals surface area contributed by atoms with Crippen LogP contribution < -0.4 is 5.32 Å². The second-order valence-electron chi connectivity index (χ2n) is 6.71. The predicted octanol–water partition coefficient (Wildman–Crippen LogP) is 6.70. The second kappa shape index (κ2) is 10.1. The van der Waals surface area contributed by atoms with Crippen LogP contribution in [0.2, 0.25) is 0 Å². The fourth-order valence-corrected chi connectivity index (χ4v) is 3.04. The number of nitrogens with one attached hydrogen (secondary N) is 1. The summed E-state index contributed by atoms with van der Waals surface area (Å²) in [6, 6.07) is 13.6. The van der Waals surface area contributed by atoms with Crippen molar-refractivity contribution in [3.05, 3.63) is 82.9 Å². The van der Waals surface area contributed by atoms with E-state index in [4.69, 9.17) is 0 Å². The number of amides is 1. The standard InChI is InChI=1S/C23H26F3NO/c1-3-5-10-17(9-4-2)21(18-11-7-6-8-12-18)27-22(28)19-13-15-20(16-14-19)23(24,25)26/h6-8,10-16,21H,3-5,9H2,1-2H3,(H,27,28)/b17-10+/t21-/m1/s1. The molecule has 28 heavy (non-hydrogen) atoms. The first-order valence-corrected chi connectivity index (χ1v) is 9.58. The van der Waals surface area contributed by atoms with Gasteiger partial charge >= 0.3 is 6.18 Å². The van der Waals surface area contributed by atoms with Crippen molar-refractivity contribution in [1.29, 1.82) is 0 Å². The average molecular weight is 389 g/mol. The molecule has 0 spiro atoms. The summed E-state index contributed by atoms with van der Waals surface area (Å²) in [5.74, 6) is -0.388. The van der Waals surface area contributed by atoms with E-state index in [9.17, 15) is 18.0 Å². The van der Waals surface area contributed by atoms with Crippen molar-refractivity contribution >= 4 is 5.91 Å². The number of unbranched alkanes of at least 4 members (excludes halogenated alkanes) is 1. The topological polar surface area (TPSA) is 29.1 Å². The van der Waals surface area contributed by atoms with Crippen molar-refractivity contribution in [2.75, 3.05) is 0 Å². The highest BCUT2D eigenvalue weighted by molar-refractivity contribution is 5.94. The van der Waals surface area contributed by atoms with E-state index in [1.807, 2.05) is 30.3 Å². The molecule has 0 fully saturated rings. The zero-order valence-electron chi connectivity index (χ0n) is 16.2. The molecule has 2 aromatic carbocycles. The van der Waals surface area contributed by atoms with Gasteiger partial charge in [0.1, 0.15) is 0 Å². The molecule has 0 radical (unpaired) electrons. The van der Waals surface area contributed by atoms with Crippen molar-refractivity contribution in [3.8, 4) is 0 Å². The van der Waals surface area contributed by atoms with Crippen LogP contribution in [-0.2, 0) is 6.18 Å². The highest BCUT2D eigenvalue weighted by Gasteiger charge is 2.30. The van der Waals surface area contributed by atoms with E-state index in [1.54, 1.807) is 0 Å². The van der Waals surface area contributed by atoms with E-state index in [1.165, 1.54) is 12.1 Å². The van der Waals surface area contributed by atoms with Gasteiger partial charge in [-0.05, 0) is 48.2 Å². The normalized spacial score (nSPS) is 13.2. The number of carbonyl (C=O) groups excluding carboxylic acids is 1. The molecule has 0 bridgehead atoms. The van der Waals surface area contributed by atoms with E-state index in [0.29, 0.717) is 0 Å². The van der Waals surface area contributed by atoms with Crippen LogP contribution in [0.3, 0.4) is 0 Å². The molecule has 2 rings (SSSR count). The summed E-state index contributed by atoms with van der Waals surface area (Å²) in [5.41, 5.74) is 1.52. The predicted molar refractivity (Wildman–Crippen MR) is 106 cm³/mol. The Labute approximate surface area is 164 Å². The van der Waals surface area contributed by atoms with Gasteiger partial charge in [0.15, 0.2) is 0 Å². The van der Waals surface area contributed by atoms with Gasteiger partial charge in [0, 0.05) is 5.56 Å². The SMILES string of the molecule is CCC/C=C(\CCC)[C@@H](NC(=O)c1ccc(C(F)(F)F)cc1)c1ccccc1. The number of hydrogen-bond acceptors (Lipinski definition) is 1. The van der Waals surface area contributed by atoms with E-state index >= 15 is 0 Å². The fourth-order valence-electron chi connectivity index (χ4n) is 3.04. The van der Waals surface area contributed by atoms with Gasteiger partial charge in [0.2, 0.25) is 0 Å². The molecule has 150 valence electrons. The lowest BCUT2D eigenvalue weighted by molar-refractivity contribution is -0.137. The minimum atomic E-state index is -4.42. The first kappa shape index (κ1) is 21.7. The lowest BCUT2D eigenvalue weighted by Crippen LogP contribution is -2.30. The van der Waals surface area contributed by atoms with Gasteiger partial charge in [0.05, 0.1) is 11.6 Å². The van der Waals surface area contributed by atoms with E-state index in [0.717, 1.165) is 49.0 Å². The molecule has 5 heteroatoms. The molecule has 0 aliphatic rings. The Hall–Kier alpha value is -2.56. The van der Waals surface area contributed by atoms with Crippen LogP contribution >= 0.6 is 0 Å². The van der Waals surface area contributed by atoms with Crippen molar-refractivity contribution < 1.29 is 18.0 Å². The maximum Gasteiger partial charge on any atom is 0.416 e. The molecule has 0 aromatic heterocycles. The molecule has 0 heterocycles. The zero-order valence-corrected chi connectivity index (χ0v) is 16.2. The highest BCUT2D eigenvalue weighted by Crippen LogP contribution is 2.30. The third-order valence-electron chi connectivity index (χ3n) is 4.49. The number of alkyl halides is 3. The third-order valence-corrected chi connectivity index (χ3v) is 4.49. The number of carbonyl (C=O) groups is 1. The Bertz CT molecular complexity index is 780. The number of benzene rings is 2. The smallest absolute Gasteiger partial charge is 0.341 e. The van der Waals surface area contributed by atoms with Gasteiger partial charge in [-0.3, -0.25) is 4.79 Å². The molecule has 0 saturated carbocycles. The summed E-state index contributed by atoms with van der Waals surface area (Å²) in [6.45, 7) is 4.18. The third kappa shape index (κ3) is 5.98. The van der Waals surface area contributed by atoms with Crippen LogP contribution in [0.5, 0.6) is 0 Å². The van der Waals surface area contributed by atoms with Crippen molar-refractivity contribution in [1.82, 2.24) is 5.32 Å². The van der Waals surface area contributed by atoms with Gasteiger partial charge in [-0.2, -0.15) is 13.2 Å². The lowest BCUT2D eigenvalue weighted by atomic mass is 9.93. The maximum atomic E-state index is 12.8. The van der Waals surface area contributed by atoms with Crippen LogP contribution in [0.15, 0.2) is 66.2 Å². The molecule has 0 saturated heterocycles. The monoisotopic (exact) mass is 389 g/mol. The summed E-state index contributed by atoms with van der Waals surface area (Å²) in [6.07, 6.45) is 1.44. The maximum absolute atomic E-state index is 12.8. The second-order valence-corrected chi connectivity index (χ2v) is 6.71. The average Bonchev–Trinajstić information content (AvgIpc) is 2.69. The van der Waals surface area contributed by atoms with Gasteiger partial charge in [-0.15, -0.1) is 0 Å². The summed E-state index contributed by atoms with van der Waals surface area (Å²) in [4.78, 5) is 12.8. The van der Waals surface area contributed by atoms with E-state index in [-0.39, 0.29) is 17.5 Å². The Balaban J connectivity index is 2.30. The largest absolute Gasteiger partial charge is 0.416 e. The Morgan fingerprint density at radius 2 is 1.64 bits per heavy atom. The number of hydrogen-bond donors (Lipinski definition) is 1. The Morgan fingerprint density at radius 1 is 1.00 bits per heavy atom. The zero-order chi connectivity index (χ0) is 20.6. The molecule has 0 aliphatic carbocycles. The summed E-state index contributed by atoms with van der Waals surface area (Å²) in [7, 11) is 0. The van der Waals surface area contributed by atoms with E-state index < -0.39 is 11.7 Å². The molecular weight excluding hydrogens is 363 g/mol. The number of allylic oxidation sites excluding steroid dienone is 1. The van der Waals surface area contributed by atoms with Crippen molar-refractivity contribution in [2.24, 2.45) is 0 Å². The number of halogens is 3. The van der Waals surface area contributed by atoms with Crippen LogP contribution in [0.25, 0.3) is 0 Å². The first-order valence-electron chi connectivity index (χ1n) is 9.58. The Kier molecular flexibility index (Phi) is 7.85. The molecular formula is C23H26F3NO. The summed E-state index contributed by atoms with van der Waals surface area (Å²) in [5, 5.41) is 3.01. The van der Waals surface area contributed by atoms with Crippen molar-refractivity contribution in [3.63, 3.8) is 0 Å². The van der Waals surface area contributed by atoms with Gasteiger partial charge in [-0.1, -0.05) is 63.1 Å². The van der Waals surface area contributed by atoms with Gasteiger partial charge in [-0.25, -0.2) is 0 Å². The highest BCUT2D eigenvalue weighted by atomic mass is 19.4. The van der Waals surface area contributed by atoms with Crippen molar-refractivity contribution in [2.45, 2.75) is 51.7 Å². The molecule has 2 aromatic rings. The quantitative estimate of drug-likeness (QED) is 0.500. The van der Waals surface area contributed by atoms with Crippen LogP contribution in [0.4, 0.5) is 13.2 Å². The van der Waals surface area contributed by atoms with Gasteiger partial charge < -0.3 is 5.32 Å². The number of rotatable bonds is 8. The molecule has 0 unspecified atom stereocenters. The Morgan fingerprint density at radius 3 is 2.18 bits per heavy atom. The molecule has 2 nitrogen and oxygen atoms in total. The van der Waals surface area contributed by atoms with E-state index in [2.05, 4.69) is 25.2 Å². The van der Waals surface area contributed by atoms with Crippen LogP contribution in [0, 0.1) is 0 Å². The molecule has 1 atom stereocenters. The summed E-state index contributed by atoms with van der Waals surface area (Å²) >= 11 is 0. The summed E-state index contributed by atoms with van der Waals surface area (Å²) < 4.78 is 38.3. The minimum absolute atomic E-state index is 0.209. The minimum Gasteiger partial charge on any atom is -0.341 e. The molecule has 1 amide bonds. The van der Waals surface area contributed by atoms with Crippen LogP contribution in [-0.4, -0.2) is 5.91 Å².